The number of aryl methyl sites for hydroxylation is 1. The molecule has 1 aliphatic heterocycles. The van der Waals surface area contributed by atoms with Gasteiger partial charge in [0.2, 0.25) is 11.0 Å². The maximum absolute atomic E-state index is 5.86. The van der Waals surface area contributed by atoms with E-state index >= 15 is 0 Å². The van der Waals surface area contributed by atoms with Crippen LogP contribution in [0.25, 0.3) is 0 Å². The van der Waals surface area contributed by atoms with E-state index in [-0.39, 0.29) is 0 Å². The molecule has 3 heterocycles. The van der Waals surface area contributed by atoms with Gasteiger partial charge in [0.1, 0.15) is 5.82 Å². The third-order valence-corrected chi connectivity index (χ3v) is 5.38. The van der Waals surface area contributed by atoms with E-state index in [9.17, 15) is 0 Å². The molecular formula is C17H22N4OS. The summed E-state index contributed by atoms with van der Waals surface area (Å²) in [7, 11) is 0. The Morgan fingerprint density at radius 2 is 2.00 bits per heavy atom. The molecule has 4 rings (SSSR count). The molecular weight excluding hydrogens is 308 g/mol. The summed E-state index contributed by atoms with van der Waals surface area (Å²) in [5.41, 5.74) is 1.00. The number of pyridine rings is 1. The lowest BCUT2D eigenvalue weighted by molar-refractivity contribution is 0.216. The molecule has 6 heteroatoms. The zero-order chi connectivity index (χ0) is 15.6. The third kappa shape index (κ3) is 3.63. The van der Waals surface area contributed by atoms with Gasteiger partial charge < -0.3 is 9.64 Å². The summed E-state index contributed by atoms with van der Waals surface area (Å²) >= 11 is 1.56. The summed E-state index contributed by atoms with van der Waals surface area (Å²) in [6.07, 6.45) is 4.82. The van der Waals surface area contributed by atoms with E-state index in [2.05, 4.69) is 14.3 Å². The number of rotatable bonds is 5. The zero-order valence-electron chi connectivity index (χ0n) is 13.4. The van der Waals surface area contributed by atoms with Crippen molar-refractivity contribution in [3.8, 4) is 5.88 Å². The van der Waals surface area contributed by atoms with Gasteiger partial charge in [-0.05, 0) is 44.6 Å². The highest BCUT2D eigenvalue weighted by molar-refractivity contribution is 7.09. The van der Waals surface area contributed by atoms with E-state index in [0.717, 1.165) is 55.1 Å². The van der Waals surface area contributed by atoms with E-state index in [1.165, 1.54) is 12.8 Å². The summed E-state index contributed by atoms with van der Waals surface area (Å²) in [5.74, 6) is 3.06. The summed E-state index contributed by atoms with van der Waals surface area (Å²) in [6.45, 7) is 4.85. The first-order chi connectivity index (χ1) is 11.3. The Bertz CT molecular complexity index is 662. The van der Waals surface area contributed by atoms with E-state index in [1.54, 1.807) is 11.5 Å². The van der Waals surface area contributed by atoms with Gasteiger partial charge >= 0.3 is 0 Å². The van der Waals surface area contributed by atoms with Gasteiger partial charge in [0.25, 0.3) is 0 Å². The molecule has 2 aliphatic rings. The van der Waals surface area contributed by atoms with Crippen molar-refractivity contribution in [2.75, 3.05) is 24.6 Å². The van der Waals surface area contributed by atoms with Gasteiger partial charge in [0.05, 0.1) is 6.61 Å². The first kappa shape index (κ1) is 14.9. The molecule has 0 aromatic carbocycles. The summed E-state index contributed by atoms with van der Waals surface area (Å²) in [5, 5.41) is 1.10. The predicted octanol–water partition coefficient (Wildman–Crippen LogP) is 3.41. The molecule has 1 aliphatic carbocycles. The molecule has 0 bridgehead atoms. The van der Waals surface area contributed by atoms with Crippen LogP contribution in [0.4, 0.5) is 5.13 Å². The molecule has 0 radical (unpaired) electrons. The largest absolute Gasteiger partial charge is 0.477 e. The fourth-order valence-electron chi connectivity index (χ4n) is 2.95. The number of nitrogens with zero attached hydrogens (tertiary/aromatic N) is 4. The van der Waals surface area contributed by atoms with Crippen molar-refractivity contribution in [2.45, 2.75) is 38.5 Å². The van der Waals surface area contributed by atoms with Crippen molar-refractivity contribution >= 4 is 16.7 Å². The van der Waals surface area contributed by atoms with Crippen LogP contribution in [0.1, 0.15) is 43.1 Å². The number of aromatic nitrogens is 3. The highest BCUT2D eigenvalue weighted by atomic mass is 32.1. The van der Waals surface area contributed by atoms with Crippen molar-refractivity contribution in [3.63, 3.8) is 0 Å². The molecule has 1 saturated heterocycles. The molecule has 0 N–H and O–H groups in total. The average Bonchev–Trinajstić information content (AvgIpc) is 3.31. The molecule has 23 heavy (non-hydrogen) atoms. The normalized spacial score (nSPS) is 19.1. The average molecular weight is 330 g/mol. The second-order valence-electron chi connectivity index (χ2n) is 6.57. The number of hydrogen-bond donors (Lipinski definition) is 0. The maximum Gasteiger partial charge on any atom is 0.213 e. The minimum absolute atomic E-state index is 0.601. The highest BCUT2D eigenvalue weighted by Gasteiger charge is 2.29. The van der Waals surface area contributed by atoms with E-state index in [0.29, 0.717) is 11.8 Å². The van der Waals surface area contributed by atoms with Gasteiger partial charge in [0.15, 0.2) is 0 Å². The molecule has 5 nitrogen and oxygen atoms in total. The van der Waals surface area contributed by atoms with Crippen molar-refractivity contribution in [3.05, 3.63) is 29.7 Å². The van der Waals surface area contributed by atoms with Gasteiger partial charge in [-0.15, -0.1) is 0 Å². The van der Waals surface area contributed by atoms with Crippen LogP contribution in [0.3, 0.4) is 0 Å². The van der Waals surface area contributed by atoms with Crippen LogP contribution in [-0.4, -0.2) is 34.0 Å². The number of hydrogen-bond acceptors (Lipinski definition) is 6. The Kier molecular flexibility index (Phi) is 4.16. The van der Waals surface area contributed by atoms with Crippen LogP contribution in [0.15, 0.2) is 18.2 Å². The minimum atomic E-state index is 0.601. The second kappa shape index (κ2) is 6.43. The second-order valence-corrected chi connectivity index (χ2v) is 7.30. The monoisotopic (exact) mass is 330 g/mol. The zero-order valence-corrected chi connectivity index (χ0v) is 14.3. The van der Waals surface area contributed by atoms with Crippen LogP contribution in [-0.2, 0) is 0 Å². The SMILES string of the molecule is Cc1cccc(OCC2CCN(c3nc(C4CC4)ns3)CC2)n1. The lowest BCUT2D eigenvalue weighted by atomic mass is 9.98. The quantitative estimate of drug-likeness (QED) is 0.841. The molecule has 0 atom stereocenters. The molecule has 2 aromatic heterocycles. The Morgan fingerprint density at radius 3 is 2.74 bits per heavy atom. The fraction of sp³-hybridized carbons (Fsp3) is 0.588. The van der Waals surface area contributed by atoms with Crippen molar-refractivity contribution in [2.24, 2.45) is 5.92 Å². The van der Waals surface area contributed by atoms with Crippen molar-refractivity contribution < 1.29 is 4.74 Å². The van der Waals surface area contributed by atoms with Gasteiger partial charge in [-0.2, -0.15) is 4.37 Å². The van der Waals surface area contributed by atoms with Crippen LogP contribution in [0.2, 0.25) is 0 Å². The minimum Gasteiger partial charge on any atom is -0.477 e. The Hall–Kier alpha value is -1.69. The molecule has 2 fully saturated rings. The standard InChI is InChI=1S/C17H22N4OS/c1-12-3-2-4-15(18-12)22-11-13-7-9-21(10-8-13)17-19-16(20-23-17)14-5-6-14/h2-4,13-14H,5-11H2,1H3. The topological polar surface area (TPSA) is 51.1 Å². The summed E-state index contributed by atoms with van der Waals surface area (Å²) in [6, 6.07) is 5.92. The maximum atomic E-state index is 5.86. The van der Waals surface area contributed by atoms with Gasteiger partial charge in [-0.3, -0.25) is 0 Å². The lowest BCUT2D eigenvalue weighted by Crippen LogP contribution is -2.35. The van der Waals surface area contributed by atoms with Gasteiger partial charge in [0, 0.05) is 42.3 Å². The molecule has 2 aromatic rings. The fourth-order valence-corrected chi connectivity index (χ4v) is 3.75. The van der Waals surface area contributed by atoms with Crippen LogP contribution < -0.4 is 9.64 Å². The van der Waals surface area contributed by atoms with Crippen LogP contribution in [0.5, 0.6) is 5.88 Å². The molecule has 122 valence electrons. The Morgan fingerprint density at radius 1 is 1.17 bits per heavy atom. The van der Waals surface area contributed by atoms with Crippen LogP contribution in [0, 0.1) is 12.8 Å². The van der Waals surface area contributed by atoms with Gasteiger partial charge in [-0.1, -0.05) is 6.07 Å². The highest BCUT2D eigenvalue weighted by Crippen LogP contribution is 2.40. The molecule has 1 saturated carbocycles. The third-order valence-electron chi connectivity index (χ3n) is 4.59. The number of ether oxygens (including phenoxy) is 1. The predicted molar refractivity (Wildman–Crippen MR) is 91.3 cm³/mol. The smallest absolute Gasteiger partial charge is 0.213 e. The molecule has 0 amide bonds. The Balaban J connectivity index is 1.27. The van der Waals surface area contributed by atoms with Crippen molar-refractivity contribution in [1.29, 1.82) is 0 Å². The molecule has 0 unspecified atom stereocenters. The number of anilines is 1. The van der Waals surface area contributed by atoms with E-state index in [1.807, 2.05) is 25.1 Å². The molecule has 0 spiro atoms. The lowest BCUT2D eigenvalue weighted by Gasteiger charge is -2.31. The first-order valence-corrected chi connectivity index (χ1v) is 9.20. The first-order valence-electron chi connectivity index (χ1n) is 8.43. The number of piperidine rings is 1. The summed E-state index contributed by atoms with van der Waals surface area (Å²) in [4.78, 5) is 11.5. The van der Waals surface area contributed by atoms with E-state index in [4.69, 9.17) is 9.72 Å². The van der Waals surface area contributed by atoms with Gasteiger partial charge in [-0.25, -0.2) is 9.97 Å². The van der Waals surface area contributed by atoms with Crippen molar-refractivity contribution in [1.82, 2.24) is 14.3 Å². The van der Waals surface area contributed by atoms with Crippen LogP contribution >= 0.6 is 11.5 Å². The van der Waals surface area contributed by atoms with E-state index < -0.39 is 0 Å². The summed E-state index contributed by atoms with van der Waals surface area (Å²) < 4.78 is 10.4. The Labute approximate surface area is 140 Å².